The Bertz CT molecular complexity index is 923. The highest BCUT2D eigenvalue weighted by Crippen LogP contribution is 2.26. The normalized spacial score (nSPS) is 14.2. The summed E-state index contributed by atoms with van der Waals surface area (Å²) in [5, 5.41) is 16.4. The Morgan fingerprint density at radius 3 is 2.52 bits per heavy atom. The van der Waals surface area contributed by atoms with Crippen molar-refractivity contribution in [3.63, 3.8) is 0 Å². The first-order chi connectivity index (χ1) is 13.2. The van der Waals surface area contributed by atoms with E-state index in [1.54, 1.807) is 6.07 Å². The van der Waals surface area contributed by atoms with E-state index in [9.17, 15) is 5.11 Å². The van der Waals surface area contributed by atoms with Crippen molar-refractivity contribution in [2.24, 2.45) is 0 Å². The molecule has 0 amide bonds. The number of anilines is 3. The molecule has 27 heavy (non-hydrogen) atoms. The van der Waals surface area contributed by atoms with Gasteiger partial charge in [-0.2, -0.15) is 4.98 Å². The van der Waals surface area contributed by atoms with Crippen molar-refractivity contribution < 1.29 is 5.11 Å². The summed E-state index contributed by atoms with van der Waals surface area (Å²) in [6.07, 6.45) is 0. The fraction of sp³-hybridized carbons (Fsp3) is 0.238. The third-order valence-corrected chi connectivity index (χ3v) is 4.68. The third-order valence-electron chi connectivity index (χ3n) is 4.68. The van der Waals surface area contributed by atoms with Gasteiger partial charge < -0.3 is 20.6 Å². The lowest BCUT2D eigenvalue weighted by Gasteiger charge is -2.29. The van der Waals surface area contributed by atoms with Crippen LogP contribution in [0.3, 0.4) is 0 Å². The van der Waals surface area contributed by atoms with Crippen LogP contribution in [-0.2, 0) is 0 Å². The van der Waals surface area contributed by atoms with Gasteiger partial charge in [0.1, 0.15) is 11.6 Å². The van der Waals surface area contributed by atoms with Gasteiger partial charge >= 0.3 is 0 Å². The molecule has 1 saturated heterocycles. The summed E-state index contributed by atoms with van der Waals surface area (Å²) in [6.45, 7) is 5.61. The van der Waals surface area contributed by atoms with Gasteiger partial charge in [0.25, 0.3) is 0 Å². The van der Waals surface area contributed by atoms with Crippen LogP contribution in [0.2, 0.25) is 0 Å². The van der Waals surface area contributed by atoms with Gasteiger partial charge in [-0.05, 0) is 30.7 Å². The second-order valence-corrected chi connectivity index (χ2v) is 6.66. The molecule has 2 aromatic carbocycles. The summed E-state index contributed by atoms with van der Waals surface area (Å²) in [7, 11) is 0. The number of rotatable bonds is 4. The maximum absolute atomic E-state index is 9.75. The van der Waals surface area contributed by atoms with Crippen LogP contribution < -0.4 is 15.5 Å². The van der Waals surface area contributed by atoms with Gasteiger partial charge in [-0.1, -0.05) is 30.3 Å². The van der Waals surface area contributed by atoms with Gasteiger partial charge in [-0.3, -0.25) is 0 Å². The van der Waals surface area contributed by atoms with Crippen molar-refractivity contribution in [3.8, 4) is 17.0 Å². The summed E-state index contributed by atoms with van der Waals surface area (Å²) in [4.78, 5) is 11.7. The van der Waals surface area contributed by atoms with E-state index in [0.29, 0.717) is 5.95 Å². The Kier molecular flexibility index (Phi) is 4.89. The molecule has 0 saturated carbocycles. The van der Waals surface area contributed by atoms with Gasteiger partial charge in [-0.25, -0.2) is 4.98 Å². The zero-order valence-electron chi connectivity index (χ0n) is 15.3. The van der Waals surface area contributed by atoms with Gasteiger partial charge in [0.05, 0.1) is 5.69 Å². The van der Waals surface area contributed by atoms with Crippen molar-refractivity contribution in [2.75, 3.05) is 36.4 Å². The molecule has 0 bridgehead atoms. The van der Waals surface area contributed by atoms with Crippen molar-refractivity contribution in [3.05, 3.63) is 60.2 Å². The fourth-order valence-corrected chi connectivity index (χ4v) is 3.17. The average Bonchev–Trinajstić information content (AvgIpc) is 2.72. The standard InChI is InChI=1S/C21H23N5O/c1-15-13-17(7-8-19(15)27)23-21-24-18(16-5-3-2-4-6-16)14-20(25-21)26-11-9-22-10-12-26/h2-8,13-14,22,27H,9-12H2,1H3,(H,23,24,25). The highest BCUT2D eigenvalue weighted by molar-refractivity contribution is 5.67. The van der Waals surface area contributed by atoms with Crippen molar-refractivity contribution >= 4 is 17.5 Å². The topological polar surface area (TPSA) is 73.3 Å². The van der Waals surface area contributed by atoms with Crippen LogP contribution in [0.15, 0.2) is 54.6 Å². The maximum Gasteiger partial charge on any atom is 0.229 e. The molecular weight excluding hydrogens is 338 g/mol. The molecule has 1 aromatic heterocycles. The van der Waals surface area contributed by atoms with Crippen LogP contribution in [0, 0.1) is 6.92 Å². The summed E-state index contributed by atoms with van der Waals surface area (Å²) in [5.41, 5.74) is 3.60. The van der Waals surface area contributed by atoms with E-state index in [-0.39, 0.29) is 5.75 Å². The van der Waals surface area contributed by atoms with Crippen LogP contribution in [-0.4, -0.2) is 41.3 Å². The number of hydrogen-bond donors (Lipinski definition) is 3. The summed E-state index contributed by atoms with van der Waals surface area (Å²) in [5.74, 6) is 1.75. The molecule has 0 aliphatic carbocycles. The Hall–Kier alpha value is -3.12. The first kappa shape index (κ1) is 17.3. The highest BCUT2D eigenvalue weighted by Gasteiger charge is 2.15. The highest BCUT2D eigenvalue weighted by atomic mass is 16.3. The SMILES string of the molecule is Cc1cc(Nc2nc(-c3ccccc3)cc(N3CCNCC3)n2)ccc1O. The molecule has 2 heterocycles. The Morgan fingerprint density at radius 2 is 1.78 bits per heavy atom. The van der Waals surface area contributed by atoms with Crippen molar-refractivity contribution in [1.82, 2.24) is 15.3 Å². The summed E-state index contributed by atoms with van der Waals surface area (Å²) >= 11 is 0. The Labute approximate surface area is 158 Å². The average molecular weight is 361 g/mol. The largest absolute Gasteiger partial charge is 0.508 e. The van der Waals surface area contributed by atoms with Crippen LogP contribution >= 0.6 is 0 Å². The smallest absolute Gasteiger partial charge is 0.229 e. The lowest BCUT2D eigenvalue weighted by Crippen LogP contribution is -2.44. The fourth-order valence-electron chi connectivity index (χ4n) is 3.17. The number of benzene rings is 2. The number of aromatic nitrogens is 2. The number of nitrogens with zero attached hydrogens (tertiary/aromatic N) is 3. The number of piperazine rings is 1. The number of phenolic OH excluding ortho intramolecular Hbond substituents is 1. The quantitative estimate of drug-likeness (QED) is 0.619. The first-order valence-corrected chi connectivity index (χ1v) is 9.16. The minimum absolute atomic E-state index is 0.279. The van der Waals surface area contributed by atoms with Gasteiger partial charge in [-0.15, -0.1) is 0 Å². The summed E-state index contributed by atoms with van der Waals surface area (Å²) in [6, 6.07) is 17.6. The molecule has 6 nitrogen and oxygen atoms in total. The first-order valence-electron chi connectivity index (χ1n) is 9.16. The molecule has 1 fully saturated rings. The maximum atomic E-state index is 9.75. The minimum Gasteiger partial charge on any atom is -0.508 e. The number of aromatic hydroxyl groups is 1. The lowest BCUT2D eigenvalue weighted by atomic mass is 10.1. The Balaban J connectivity index is 1.71. The monoisotopic (exact) mass is 361 g/mol. The second kappa shape index (κ2) is 7.63. The van der Waals surface area contributed by atoms with Crippen molar-refractivity contribution in [2.45, 2.75) is 6.92 Å². The van der Waals surface area contributed by atoms with Gasteiger partial charge in [0, 0.05) is 43.5 Å². The third kappa shape index (κ3) is 4.01. The Morgan fingerprint density at radius 1 is 1.00 bits per heavy atom. The predicted molar refractivity (Wildman–Crippen MR) is 109 cm³/mol. The molecule has 138 valence electrons. The molecule has 3 aromatic rings. The molecule has 4 rings (SSSR count). The number of aryl methyl sites for hydroxylation is 1. The molecule has 1 aliphatic heterocycles. The van der Waals surface area contributed by atoms with E-state index in [2.05, 4.69) is 27.7 Å². The number of phenols is 1. The van der Waals surface area contributed by atoms with Gasteiger partial charge in [0.15, 0.2) is 0 Å². The lowest BCUT2D eigenvalue weighted by molar-refractivity contribution is 0.471. The molecule has 0 radical (unpaired) electrons. The molecule has 0 unspecified atom stereocenters. The van der Waals surface area contributed by atoms with Crippen LogP contribution in [0.25, 0.3) is 11.3 Å². The number of hydrogen-bond acceptors (Lipinski definition) is 6. The molecule has 0 spiro atoms. The second-order valence-electron chi connectivity index (χ2n) is 6.66. The molecule has 0 atom stereocenters. The summed E-state index contributed by atoms with van der Waals surface area (Å²) < 4.78 is 0. The van der Waals surface area contributed by atoms with E-state index in [1.807, 2.05) is 43.3 Å². The zero-order chi connectivity index (χ0) is 18.6. The van der Waals surface area contributed by atoms with Crippen LogP contribution in [0.1, 0.15) is 5.56 Å². The van der Waals surface area contributed by atoms with E-state index in [1.165, 1.54) is 0 Å². The van der Waals surface area contributed by atoms with Gasteiger partial charge in [0.2, 0.25) is 5.95 Å². The minimum atomic E-state index is 0.279. The number of nitrogens with one attached hydrogen (secondary N) is 2. The van der Waals surface area contributed by atoms with Crippen molar-refractivity contribution in [1.29, 1.82) is 0 Å². The zero-order valence-corrected chi connectivity index (χ0v) is 15.3. The molecule has 3 N–H and O–H groups in total. The molecular formula is C21H23N5O. The van der Waals surface area contributed by atoms with Crippen LogP contribution in [0.5, 0.6) is 5.75 Å². The van der Waals surface area contributed by atoms with E-state index >= 15 is 0 Å². The predicted octanol–water partition coefficient (Wildman–Crippen LogP) is 3.31. The van der Waals surface area contributed by atoms with Crippen LogP contribution in [0.4, 0.5) is 17.5 Å². The molecule has 1 aliphatic rings. The molecule has 6 heteroatoms. The van der Waals surface area contributed by atoms with E-state index in [0.717, 1.165) is 54.5 Å². The van der Waals surface area contributed by atoms with E-state index in [4.69, 9.17) is 9.97 Å². The van der Waals surface area contributed by atoms with E-state index < -0.39 is 0 Å².